The lowest BCUT2D eigenvalue weighted by Crippen LogP contribution is -2.01. The number of hydrogen-bond donors (Lipinski definition) is 1. The second-order valence-corrected chi connectivity index (χ2v) is 7.04. The second kappa shape index (κ2) is 7.08. The summed E-state index contributed by atoms with van der Waals surface area (Å²) in [6.07, 6.45) is 1.73. The Labute approximate surface area is 155 Å². The molecule has 9 heteroatoms. The summed E-state index contributed by atoms with van der Waals surface area (Å²) in [6, 6.07) is 15.7. The quantitative estimate of drug-likeness (QED) is 0.399. The minimum Gasteiger partial charge on any atom is -0.251 e. The average molecular weight is 414 g/mol. The van der Waals surface area contributed by atoms with Crippen molar-refractivity contribution in [3.63, 3.8) is 0 Å². The molecule has 0 saturated carbocycles. The van der Waals surface area contributed by atoms with Crippen LogP contribution in [0.1, 0.15) is 10.6 Å². The van der Waals surface area contributed by atoms with Crippen molar-refractivity contribution >= 4 is 49.6 Å². The van der Waals surface area contributed by atoms with Crippen molar-refractivity contribution in [2.75, 3.05) is 5.43 Å². The number of nitrogens with zero attached hydrogens (tertiary/aromatic N) is 6. The van der Waals surface area contributed by atoms with E-state index in [9.17, 15) is 0 Å². The molecule has 0 aliphatic heterocycles. The van der Waals surface area contributed by atoms with E-state index in [0.29, 0.717) is 11.7 Å². The molecule has 7 nitrogen and oxygen atoms in total. The molecule has 1 N–H and O–H groups in total. The predicted octanol–water partition coefficient (Wildman–Crippen LogP) is 3.54. The van der Waals surface area contributed by atoms with Crippen molar-refractivity contribution < 1.29 is 0 Å². The zero-order valence-corrected chi connectivity index (χ0v) is 15.3. The average Bonchev–Trinajstić information content (AvgIpc) is 3.25. The molecular weight excluding hydrogens is 402 g/mol. The van der Waals surface area contributed by atoms with Gasteiger partial charge in [0.25, 0.3) is 0 Å². The van der Waals surface area contributed by atoms with Gasteiger partial charge in [0.1, 0.15) is 10.5 Å². The molecule has 2 aromatic heterocycles. The third-order valence-electron chi connectivity index (χ3n) is 3.44. The number of nitrogens with one attached hydrogen (secondary N) is 1. The molecule has 0 saturated heterocycles. The van der Waals surface area contributed by atoms with Gasteiger partial charge < -0.3 is 0 Å². The van der Waals surface area contributed by atoms with Gasteiger partial charge in [-0.3, -0.25) is 5.43 Å². The lowest BCUT2D eigenvalue weighted by atomic mass is 10.2. The van der Waals surface area contributed by atoms with Crippen LogP contribution >= 0.6 is 27.3 Å². The Bertz CT molecular complexity index is 1040. The molecule has 25 heavy (non-hydrogen) atoms. The molecule has 0 aliphatic rings. The van der Waals surface area contributed by atoms with Crippen LogP contribution in [0.3, 0.4) is 0 Å². The monoisotopic (exact) mass is 413 g/mol. The van der Waals surface area contributed by atoms with E-state index in [-0.39, 0.29) is 0 Å². The summed E-state index contributed by atoms with van der Waals surface area (Å²) in [5.74, 6) is 0. The van der Waals surface area contributed by atoms with E-state index in [2.05, 4.69) is 47.0 Å². The van der Waals surface area contributed by atoms with Gasteiger partial charge in [-0.1, -0.05) is 62.8 Å². The van der Waals surface area contributed by atoms with Crippen molar-refractivity contribution in [2.24, 2.45) is 5.10 Å². The normalized spacial score (nSPS) is 11.4. The standard InChI is InChI=1S/C16H12BrN7S/c17-12-6-2-1-5-11(12)9-18-21-16-22-20-15(25-16)10-24-14-8-4-3-7-13(14)19-23-24/h1-9H,10H2,(H,21,22)/b18-9+. The van der Waals surface area contributed by atoms with E-state index in [0.717, 1.165) is 26.1 Å². The van der Waals surface area contributed by atoms with Crippen LogP contribution in [0, 0.1) is 0 Å². The van der Waals surface area contributed by atoms with Crippen LogP contribution in [0.2, 0.25) is 0 Å². The Morgan fingerprint density at radius 2 is 1.92 bits per heavy atom. The SMILES string of the molecule is Brc1ccccc1/C=N/Nc1nnc(Cn2nnc3ccccc32)s1. The minimum absolute atomic E-state index is 0.522. The van der Waals surface area contributed by atoms with Crippen LogP contribution in [0.5, 0.6) is 0 Å². The summed E-state index contributed by atoms with van der Waals surface area (Å²) in [5.41, 5.74) is 5.72. The Morgan fingerprint density at radius 1 is 1.08 bits per heavy atom. The first kappa shape index (κ1) is 15.9. The molecule has 4 aromatic rings. The van der Waals surface area contributed by atoms with Crippen molar-refractivity contribution in [3.8, 4) is 0 Å². The number of benzene rings is 2. The number of hydrazone groups is 1. The molecule has 0 unspecified atom stereocenters. The van der Waals surface area contributed by atoms with Crippen LogP contribution in [-0.4, -0.2) is 31.4 Å². The summed E-state index contributed by atoms with van der Waals surface area (Å²) in [6.45, 7) is 0.522. The summed E-state index contributed by atoms with van der Waals surface area (Å²) < 4.78 is 2.79. The molecule has 2 heterocycles. The van der Waals surface area contributed by atoms with Crippen LogP contribution in [0.15, 0.2) is 58.1 Å². The second-order valence-electron chi connectivity index (χ2n) is 5.13. The molecule has 124 valence electrons. The summed E-state index contributed by atoms with van der Waals surface area (Å²) in [4.78, 5) is 0. The van der Waals surface area contributed by atoms with Crippen molar-refractivity contribution in [2.45, 2.75) is 6.54 Å². The van der Waals surface area contributed by atoms with Gasteiger partial charge in [-0.15, -0.1) is 15.3 Å². The maximum absolute atomic E-state index is 4.20. The summed E-state index contributed by atoms with van der Waals surface area (Å²) in [7, 11) is 0. The lowest BCUT2D eigenvalue weighted by Gasteiger charge is -1.97. The summed E-state index contributed by atoms with van der Waals surface area (Å²) >= 11 is 4.91. The number of aromatic nitrogens is 5. The lowest BCUT2D eigenvalue weighted by molar-refractivity contribution is 0.662. The van der Waals surface area contributed by atoms with Crippen LogP contribution in [0.4, 0.5) is 5.13 Å². The van der Waals surface area contributed by atoms with Gasteiger partial charge in [-0.05, 0) is 18.2 Å². The Morgan fingerprint density at radius 3 is 2.84 bits per heavy atom. The smallest absolute Gasteiger partial charge is 0.226 e. The van der Waals surface area contributed by atoms with Gasteiger partial charge >= 0.3 is 0 Å². The van der Waals surface area contributed by atoms with Gasteiger partial charge in [-0.25, -0.2) is 4.68 Å². The Balaban J connectivity index is 1.45. The highest BCUT2D eigenvalue weighted by atomic mass is 79.9. The first-order valence-electron chi connectivity index (χ1n) is 7.44. The van der Waals surface area contributed by atoms with Gasteiger partial charge in [0, 0.05) is 10.0 Å². The fraction of sp³-hybridized carbons (Fsp3) is 0.0625. The van der Waals surface area contributed by atoms with Gasteiger partial charge in [0.05, 0.1) is 18.3 Å². The number of fused-ring (bicyclic) bond motifs is 1. The van der Waals surface area contributed by atoms with Crippen LogP contribution in [0.25, 0.3) is 11.0 Å². The van der Waals surface area contributed by atoms with Crippen molar-refractivity contribution in [1.29, 1.82) is 0 Å². The fourth-order valence-electron chi connectivity index (χ4n) is 2.26. The van der Waals surface area contributed by atoms with Gasteiger partial charge in [0.15, 0.2) is 0 Å². The molecule has 2 aromatic carbocycles. The highest BCUT2D eigenvalue weighted by Crippen LogP contribution is 2.18. The largest absolute Gasteiger partial charge is 0.251 e. The topological polar surface area (TPSA) is 80.9 Å². The zero-order chi connectivity index (χ0) is 17.1. The van der Waals surface area contributed by atoms with E-state index >= 15 is 0 Å². The first-order chi connectivity index (χ1) is 12.3. The van der Waals surface area contributed by atoms with E-state index < -0.39 is 0 Å². The van der Waals surface area contributed by atoms with Crippen molar-refractivity contribution in [1.82, 2.24) is 25.2 Å². The highest BCUT2D eigenvalue weighted by Gasteiger charge is 2.08. The number of halogens is 1. The molecule has 0 bridgehead atoms. The molecule has 0 radical (unpaired) electrons. The molecule has 0 amide bonds. The highest BCUT2D eigenvalue weighted by molar-refractivity contribution is 9.10. The third kappa shape index (κ3) is 3.57. The molecule has 0 atom stereocenters. The molecular formula is C16H12BrN7S. The number of rotatable bonds is 5. The van der Waals surface area contributed by atoms with Crippen LogP contribution in [-0.2, 0) is 6.54 Å². The van der Waals surface area contributed by atoms with Gasteiger partial charge in [-0.2, -0.15) is 5.10 Å². The number of anilines is 1. The number of hydrogen-bond acceptors (Lipinski definition) is 7. The molecule has 0 spiro atoms. The maximum Gasteiger partial charge on any atom is 0.226 e. The maximum atomic E-state index is 4.20. The van der Waals surface area contributed by atoms with E-state index in [1.54, 1.807) is 6.21 Å². The van der Waals surface area contributed by atoms with Crippen molar-refractivity contribution in [3.05, 3.63) is 63.6 Å². The molecule has 0 aliphatic carbocycles. The Kier molecular flexibility index (Phi) is 4.49. The fourth-order valence-corrected chi connectivity index (χ4v) is 3.32. The zero-order valence-electron chi connectivity index (χ0n) is 12.9. The van der Waals surface area contributed by atoms with E-state index in [1.807, 2.05) is 53.2 Å². The Hall–Kier alpha value is -2.65. The third-order valence-corrected chi connectivity index (χ3v) is 4.98. The summed E-state index contributed by atoms with van der Waals surface area (Å²) in [5, 5.41) is 22.2. The minimum atomic E-state index is 0.522. The van der Waals surface area contributed by atoms with Gasteiger partial charge in [0.2, 0.25) is 5.13 Å². The predicted molar refractivity (Wildman–Crippen MR) is 102 cm³/mol. The molecule has 0 fully saturated rings. The van der Waals surface area contributed by atoms with E-state index in [1.165, 1.54) is 11.3 Å². The first-order valence-corrected chi connectivity index (χ1v) is 9.05. The van der Waals surface area contributed by atoms with Crippen LogP contribution < -0.4 is 5.43 Å². The number of para-hydroxylation sites is 1. The molecule has 4 rings (SSSR count). The van der Waals surface area contributed by atoms with E-state index in [4.69, 9.17) is 0 Å².